The molecule has 1 N–H and O–H groups in total. The lowest BCUT2D eigenvalue weighted by atomic mass is 10.0. The second-order valence-electron chi connectivity index (χ2n) is 4.62. The number of aromatic nitrogens is 2. The van der Waals surface area contributed by atoms with Crippen molar-refractivity contribution in [1.82, 2.24) is 14.9 Å². The van der Waals surface area contributed by atoms with Gasteiger partial charge < -0.3 is 9.88 Å². The van der Waals surface area contributed by atoms with Gasteiger partial charge in [-0.15, -0.1) is 0 Å². The Morgan fingerprint density at radius 2 is 2.11 bits per heavy atom. The van der Waals surface area contributed by atoms with Gasteiger partial charge in [-0.1, -0.05) is 24.6 Å². The van der Waals surface area contributed by atoms with Crippen LogP contribution >= 0.6 is 11.6 Å². The fraction of sp³-hybridized carbons (Fsp3) is 0.400. The quantitative estimate of drug-likeness (QED) is 0.906. The molecule has 0 aliphatic heterocycles. The molecule has 102 valence electrons. The SMILES string of the molecule is CCNC(c1cc(C)cc(Cl)c1)c1nccn1CC. The van der Waals surface area contributed by atoms with Gasteiger partial charge in [-0.2, -0.15) is 0 Å². The fourth-order valence-corrected chi connectivity index (χ4v) is 2.64. The van der Waals surface area contributed by atoms with Gasteiger partial charge in [0, 0.05) is 24.0 Å². The molecule has 0 aliphatic rings. The van der Waals surface area contributed by atoms with E-state index in [1.165, 1.54) is 5.56 Å². The highest BCUT2D eigenvalue weighted by molar-refractivity contribution is 6.30. The van der Waals surface area contributed by atoms with Crippen LogP contribution < -0.4 is 5.32 Å². The van der Waals surface area contributed by atoms with Crippen LogP contribution in [0, 0.1) is 6.92 Å². The van der Waals surface area contributed by atoms with Crippen molar-refractivity contribution in [3.8, 4) is 0 Å². The van der Waals surface area contributed by atoms with E-state index in [0.717, 1.165) is 29.5 Å². The predicted molar refractivity (Wildman–Crippen MR) is 79.6 cm³/mol. The second-order valence-corrected chi connectivity index (χ2v) is 5.06. The van der Waals surface area contributed by atoms with Crippen LogP contribution in [0.1, 0.15) is 36.8 Å². The minimum absolute atomic E-state index is 0.0809. The van der Waals surface area contributed by atoms with Crippen molar-refractivity contribution in [2.75, 3.05) is 6.54 Å². The van der Waals surface area contributed by atoms with Crippen LogP contribution in [-0.2, 0) is 6.54 Å². The molecule has 1 atom stereocenters. The molecule has 3 nitrogen and oxygen atoms in total. The Kier molecular flexibility index (Phi) is 4.61. The summed E-state index contributed by atoms with van der Waals surface area (Å²) < 4.78 is 2.16. The van der Waals surface area contributed by atoms with Crippen molar-refractivity contribution < 1.29 is 0 Å². The number of benzene rings is 1. The molecule has 2 aromatic rings. The van der Waals surface area contributed by atoms with E-state index in [1.807, 2.05) is 24.5 Å². The molecule has 0 saturated carbocycles. The number of nitrogens with one attached hydrogen (secondary N) is 1. The molecule has 1 unspecified atom stereocenters. The molecule has 19 heavy (non-hydrogen) atoms. The highest BCUT2D eigenvalue weighted by atomic mass is 35.5. The van der Waals surface area contributed by atoms with Crippen LogP contribution in [-0.4, -0.2) is 16.1 Å². The van der Waals surface area contributed by atoms with Crippen LogP contribution in [0.15, 0.2) is 30.6 Å². The second kappa shape index (κ2) is 6.22. The zero-order valence-electron chi connectivity index (χ0n) is 11.7. The maximum atomic E-state index is 6.17. The monoisotopic (exact) mass is 277 g/mol. The Hall–Kier alpha value is -1.32. The third-order valence-electron chi connectivity index (χ3n) is 3.15. The van der Waals surface area contributed by atoms with Crippen LogP contribution in [0.3, 0.4) is 0 Å². The maximum Gasteiger partial charge on any atom is 0.130 e. The average molecular weight is 278 g/mol. The van der Waals surface area contributed by atoms with Gasteiger partial charge in [-0.05, 0) is 43.7 Å². The predicted octanol–water partition coefficient (Wildman–Crippen LogP) is 3.56. The molecule has 2 rings (SSSR count). The third kappa shape index (κ3) is 3.17. The van der Waals surface area contributed by atoms with Crippen molar-refractivity contribution in [2.45, 2.75) is 33.4 Å². The first-order valence-corrected chi connectivity index (χ1v) is 7.05. The van der Waals surface area contributed by atoms with Crippen LogP contribution in [0.2, 0.25) is 5.02 Å². The molecule has 0 bridgehead atoms. The maximum absolute atomic E-state index is 6.17. The van der Waals surface area contributed by atoms with E-state index in [4.69, 9.17) is 11.6 Å². The topological polar surface area (TPSA) is 29.9 Å². The largest absolute Gasteiger partial charge is 0.334 e. The summed E-state index contributed by atoms with van der Waals surface area (Å²) >= 11 is 6.17. The molecule has 0 amide bonds. The fourth-order valence-electron chi connectivity index (χ4n) is 2.34. The molecule has 1 aromatic carbocycles. The Balaban J connectivity index is 2.45. The summed E-state index contributed by atoms with van der Waals surface area (Å²) in [6.45, 7) is 8.08. The van der Waals surface area contributed by atoms with Crippen LogP contribution in [0.4, 0.5) is 0 Å². The smallest absolute Gasteiger partial charge is 0.130 e. The first kappa shape index (κ1) is 14.1. The van der Waals surface area contributed by atoms with Crippen molar-refractivity contribution in [2.24, 2.45) is 0 Å². The molecule has 0 fully saturated rings. The van der Waals surface area contributed by atoms with Gasteiger partial charge in [0.05, 0.1) is 6.04 Å². The summed E-state index contributed by atoms with van der Waals surface area (Å²) in [7, 11) is 0. The summed E-state index contributed by atoms with van der Waals surface area (Å²) in [4.78, 5) is 4.50. The van der Waals surface area contributed by atoms with Crippen molar-refractivity contribution >= 4 is 11.6 Å². The number of aryl methyl sites for hydroxylation is 2. The molecular formula is C15H20ClN3. The Bertz CT molecular complexity index is 528. The lowest BCUT2D eigenvalue weighted by Crippen LogP contribution is -2.25. The molecule has 0 aliphatic carbocycles. The summed E-state index contributed by atoms with van der Waals surface area (Å²) in [6.07, 6.45) is 3.86. The molecule has 0 radical (unpaired) electrons. The Labute approximate surface area is 119 Å². The number of imidazole rings is 1. The highest BCUT2D eigenvalue weighted by Gasteiger charge is 2.18. The average Bonchev–Trinajstić information content (AvgIpc) is 2.82. The number of hydrogen-bond acceptors (Lipinski definition) is 2. The molecule has 1 aromatic heterocycles. The summed E-state index contributed by atoms with van der Waals surface area (Å²) in [6, 6.07) is 6.22. The van der Waals surface area contributed by atoms with Crippen LogP contribution in [0.25, 0.3) is 0 Å². The molecule has 1 heterocycles. The molecule has 0 saturated heterocycles. The van der Waals surface area contributed by atoms with E-state index in [9.17, 15) is 0 Å². The lowest BCUT2D eigenvalue weighted by molar-refractivity contribution is 0.559. The van der Waals surface area contributed by atoms with Crippen LogP contribution in [0.5, 0.6) is 0 Å². The van der Waals surface area contributed by atoms with E-state index in [-0.39, 0.29) is 6.04 Å². The summed E-state index contributed by atoms with van der Waals surface area (Å²) in [5.41, 5.74) is 2.33. The van der Waals surface area contributed by atoms with Gasteiger partial charge >= 0.3 is 0 Å². The number of nitrogens with zero attached hydrogens (tertiary/aromatic N) is 2. The van der Waals surface area contributed by atoms with Gasteiger partial charge in [0.25, 0.3) is 0 Å². The lowest BCUT2D eigenvalue weighted by Gasteiger charge is -2.20. The zero-order valence-corrected chi connectivity index (χ0v) is 12.4. The van der Waals surface area contributed by atoms with Gasteiger partial charge in [-0.3, -0.25) is 0 Å². The van der Waals surface area contributed by atoms with Gasteiger partial charge in [-0.25, -0.2) is 4.98 Å². The van der Waals surface area contributed by atoms with Gasteiger partial charge in [0.2, 0.25) is 0 Å². The number of hydrogen-bond donors (Lipinski definition) is 1. The van der Waals surface area contributed by atoms with E-state index >= 15 is 0 Å². The molecular weight excluding hydrogens is 258 g/mol. The van der Waals surface area contributed by atoms with Crippen molar-refractivity contribution in [3.63, 3.8) is 0 Å². The van der Waals surface area contributed by atoms with E-state index in [1.54, 1.807) is 0 Å². The van der Waals surface area contributed by atoms with Gasteiger partial charge in [0.1, 0.15) is 5.82 Å². The molecule has 0 spiro atoms. The number of halogens is 1. The van der Waals surface area contributed by atoms with E-state index in [0.29, 0.717) is 0 Å². The summed E-state index contributed by atoms with van der Waals surface area (Å²) in [5.74, 6) is 1.03. The highest BCUT2D eigenvalue weighted by Crippen LogP contribution is 2.25. The first-order chi connectivity index (χ1) is 9.15. The van der Waals surface area contributed by atoms with Crippen molar-refractivity contribution in [3.05, 3.63) is 52.6 Å². The standard InChI is InChI=1S/C15H20ClN3/c1-4-17-14(15-18-6-7-19(15)5-2)12-8-11(3)9-13(16)10-12/h6-10,14,17H,4-5H2,1-3H3. The zero-order chi connectivity index (χ0) is 13.8. The first-order valence-electron chi connectivity index (χ1n) is 6.67. The van der Waals surface area contributed by atoms with E-state index < -0.39 is 0 Å². The Morgan fingerprint density at radius 3 is 2.74 bits per heavy atom. The third-order valence-corrected chi connectivity index (χ3v) is 3.37. The van der Waals surface area contributed by atoms with Gasteiger partial charge in [0.15, 0.2) is 0 Å². The minimum Gasteiger partial charge on any atom is -0.334 e. The summed E-state index contributed by atoms with van der Waals surface area (Å²) in [5, 5.41) is 4.26. The van der Waals surface area contributed by atoms with Crippen molar-refractivity contribution in [1.29, 1.82) is 0 Å². The number of rotatable bonds is 5. The molecule has 4 heteroatoms. The Morgan fingerprint density at radius 1 is 1.32 bits per heavy atom. The normalized spacial score (nSPS) is 12.6. The minimum atomic E-state index is 0.0809. The van der Waals surface area contributed by atoms with E-state index in [2.05, 4.69) is 41.7 Å².